The van der Waals surface area contributed by atoms with E-state index < -0.39 is 0 Å². The van der Waals surface area contributed by atoms with Gasteiger partial charge in [-0.1, -0.05) is 47.5 Å². The molecule has 2 aliphatic heterocycles. The first-order valence-corrected chi connectivity index (χ1v) is 9.87. The van der Waals surface area contributed by atoms with E-state index in [0.29, 0.717) is 5.41 Å². The van der Waals surface area contributed by atoms with Gasteiger partial charge in [0, 0.05) is 16.6 Å². The van der Waals surface area contributed by atoms with Crippen LogP contribution in [0.5, 0.6) is 0 Å². The van der Waals surface area contributed by atoms with Crippen molar-refractivity contribution in [2.45, 2.75) is 25.3 Å². The molecule has 2 nitrogen and oxygen atoms in total. The van der Waals surface area contributed by atoms with Crippen LogP contribution in [-0.2, 0) is 0 Å². The summed E-state index contributed by atoms with van der Waals surface area (Å²) in [5.41, 5.74) is 3.10. The average molecular weight is 375 g/mol. The van der Waals surface area contributed by atoms with Gasteiger partial charge in [-0.15, -0.1) is 0 Å². The lowest BCUT2D eigenvalue weighted by Crippen LogP contribution is -2.39. The first-order valence-electron chi connectivity index (χ1n) is 9.11. The van der Waals surface area contributed by atoms with Crippen molar-refractivity contribution in [3.05, 3.63) is 69.7 Å². The maximum absolute atomic E-state index is 6.12. The first-order chi connectivity index (χ1) is 12.2. The zero-order chi connectivity index (χ0) is 17.3. The molecule has 0 bridgehead atoms. The van der Waals surface area contributed by atoms with Gasteiger partial charge in [0.2, 0.25) is 0 Å². The number of piperidine rings is 1. The molecule has 0 amide bonds. The van der Waals surface area contributed by atoms with E-state index in [9.17, 15) is 0 Å². The molecule has 0 aromatic heterocycles. The van der Waals surface area contributed by atoms with Crippen LogP contribution in [0.4, 0.5) is 0 Å². The van der Waals surface area contributed by atoms with Crippen LogP contribution in [0.15, 0.2) is 48.5 Å². The summed E-state index contributed by atoms with van der Waals surface area (Å²) in [5.74, 6) is 0. The van der Waals surface area contributed by atoms with Gasteiger partial charge in [-0.2, -0.15) is 0 Å². The molecule has 2 aromatic carbocycles. The van der Waals surface area contributed by atoms with Crippen LogP contribution < -0.4 is 5.32 Å². The van der Waals surface area contributed by atoms with Crippen molar-refractivity contribution < 1.29 is 0 Å². The average Bonchev–Trinajstić information content (AvgIpc) is 3.02. The smallest absolute Gasteiger partial charge is 0.0602 e. The van der Waals surface area contributed by atoms with Crippen LogP contribution in [0, 0.1) is 5.41 Å². The second-order valence-electron chi connectivity index (χ2n) is 7.48. The third kappa shape index (κ3) is 3.73. The van der Waals surface area contributed by atoms with Crippen molar-refractivity contribution >= 4 is 23.2 Å². The molecule has 4 rings (SSSR count). The minimum Gasteiger partial charge on any atom is -0.317 e. The SMILES string of the molecule is Clc1ccc(C(c2ccc(Cl)cc2)N2CCC3(CCNCC3)C2)cc1. The van der Waals surface area contributed by atoms with Gasteiger partial charge >= 0.3 is 0 Å². The van der Waals surface area contributed by atoms with Crippen LogP contribution >= 0.6 is 23.2 Å². The number of likely N-dealkylation sites (tertiary alicyclic amines) is 1. The molecule has 1 spiro atoms. The largest absolute Gasteiger partial charge is 0.317 e. The number of halogens is 2. The van der Waals surface area contributed by atoms with Gasteiger partial charge in [0.25, 0.3) is 0 Å². The summed E-state index contributed by atoms with van der Waals surface area (Å²) in [5, 5.41) is 5.08. The molecule has 0 unspecified atom stereocenters. The summed E-state index contributed by atoms with van der Waals surface area (Å²) in [6.45, 7) is 4.63. The Balaban J connectivity index is 1.66. The van der Waals surface area contributed by atoms with Gasteiger partial charge in [0.05, 0.1) is 6.04 Å². The normalized spacial score (nSPS) is 20.4. The highest BCUT2D eigenvalue weighted by atomic mass is 35.5. The Kier molecular flexibility index (Phi) is 5.06. The van der Waals surface area contributed by atoms with E-state index in [-0.39, 0.29) is 6.04 Å². The Hall–Kier alpha value is -1.06. The minimum absolute atomic E-state index is 0.267. The lowest BCUT2D eigenvalue weighted by atomic mass is 9.78. The highest BCUT2D eigenvalue weighted by Gasteiger charge is 2.41. The van der Waals surface area contributed by atoms with E-state index in [1.54, 1.807) is 0 Å². The molecule has 0 aliphatic carbocycles. The van der Waals surface area contributed by atoms with Crippen molar-refractivity contribution in [1.82, 2.24) is 10.2 Å². The summed E-state index contributed by atoms with van der Waals surface area (Å²) in [7, 11) is 0. The standard InChI is InChI=1S/C21H24Cl2N2/c22-18-5-1-16(2-6-18)20(17-3-7-19(23)8-4-17)25-14-11-21(15-25)9-12-24-13-10-21/h1-8,20,24H,9-15H2. The molecule has 0 atom stereocenters. The summed E-state index contributed by atoms with van der Waals surface area (Å²) in [4.78, 5) is 2.65. The summed E-state index contributed by atoms with van der Waals surface area (Å²) in [6, 6.07) is 16.9. The first kappa shape index (κ1) is 17.4. The van der Waals surface area contributed by atoms with Crippen molar-refractivity contribution in [3.63, 3.8) is 0 Å². The Bertz CT molecular complexity index is 660. The molecular formula is C21H24Cl2N2. The van der Waals surface area contributed by atoms with Crippen molar-refractivity contribution in [2.24, 2.45) is 5.41 Å². The van der Waals surface area contributed by atoms with Crippen molar-refractivity contribution in [1.29, 1.82) is 0 Å². The maximum atomic E-state index is 6.12. The Morgan fingerprint density at radius 1 is 0.800 bits per heavy atom. The van der Waals surface area contributed by atoms with Gasteiger partial charge in [0.1, 0.15) is 0 Å². The van der Waals surface area contributed by atoms with Gasteiger partial charge < -0.3 is 5.32 Å². The zero-order valence-electron chi connectivity index (χ0n) is 14.3. The van der Waals surface area contributed by atoms with Gasteiger partial charge in [-0.25, -0.2) is 0 Å². The second kappa shape index (κ2) is 7.28. The Labute approximate surface area is 160 Å². The molecule has 1 N–H and O–H groups in total. The Morgan fingerprint density at radius 3 is 1.84 bits per heavy atom. The topological polar surface area (TPSA) is 15.3 Å². The number of hydrogen-bond donors (Lipinski definition) is 1. The fourth-order valence-corrected chi connectivity index (χ4v) is 4.71. The minimum atomic E-state index is 0.267. The molecule has 2 fully saturated rings. The fraction of sp³-hybridized carbons (Fsp3) is 0.429. The van der Waals surface area contributed by atoms with Crippen molar-refractivity contribution in [3.8, 4) is 0 Å². The van der Waals surface area contributed by atoms with E-state index >= 15 is 0 Å². The summed E-state index contributed by atoms with van der Waals surface area (Å²) >= 11 is 12.2. The predicted octanol–water partition coefficient (Wildman–Crippen LogP) is 5.16. The van der Waals surface area contributed by atoms with Crippen LogP contribution in [0.3, 0.4) is 0 Å². The molecule has 2 heterocycles. The second-order valence-corrected chi connectivity index (χ2v) is 8.35. The van der Waals surface area contributed by atoms with E-state index in [0.717, 1.165) is 29.7 Å². The molecule has 2 saturated heterocycles. The highest BCUT2D eigenvalue weighted by molar-refractivity contribution is 6.30. The summed E-state index contributed by atoms with van der Waals surface area (Å²) in [6.07, 6.45) is 3.88. The number of hydrogen-bond acceptors (Lipinski definition) is 2. The van der Waals surface area contributed by atoms with Gasteiger partial charge in [0.15, 0.2) is 0 Å². The van der Waals surface area contributed by atoms with Crippen LogP contribution in [0.25, 0.3) is 0 Å². The van der Waals surface area contributed by atoms with Crippen LogP contribution in [0.2, 0.25) is 10.0 Å². The summed E-state index contributed by atoms with van der Waals surface area (Å²) < 4.78 is 0. The van der Waals surface area contributed by atoms with E-state index in [4.69, 9.17) is 23.2 Å². The third-order valence-corrected chi connectivity index (χ3v) is 6.37. The number of benzene rings is 2. The predicted molar refractivity (Wildman–Crippen MR) is 105 cm³/mol. The fourth-order valence-electron chi connectivity index (χ4n) is 4.46. The number of nitrogens with zero attached hydrogens (tertiary/aromatic N) is 1. The number of nitrogens with one attached hydrogen (secondary N) is 1. The van der Waals surface area contributed by atoms with Crippen LogP contribution in [-0.4, -0.2) is 31.1 Å². The van der Waals surface area contributed by atoms with Crippen LogP contribution in [0.1, 0.15) is 36.4 Å². The van der Waals surface area contributed by atoms with Gasteiger partial charge in [-0.3, -0.25) is 4.90 Å². The molecule has 2 aromatic rings. The van der Waals surface area contributed by atoms with E-state index in [1.165, 1.54) is 36.9 Å². The molecule has 132 valence electrons. The van der Waals surface area contributed by atoms with Crippen molar-refractivity contribution in [2.75, 3.05) is 26.2 Å². The molecule has 4 heteroatoms. The number of rotatable bonds is 3. The molecule has 2 aliphatic rings. The van der Waals surface area contributed by atoms with Gasteiger partial charge in [-0.05, 0) is 79.7 Å². The maximum Gasteiger partial charge on any atom is 0.0602 e. The Morgan fingerprint density at radius 2 is 1.32 bits per heavy atom. The lowest BCUT2D eigenvalue weighted by Gasteiger charge is -2.36. The molecular weight excluding hydrogens is 351 g/mol. The highest BCUT2D eigenvalue weighted by Crippen LogP contribution is 2.43. The van der Waals surface area contributed by atoms with E-state index in [2.05, 4.69) is 34.5 Å². The zero-order valence-corrected chi connectivity index (χ0v) is 15.9. The monoisotopic (exact) mass is 374 g/mol. The molecule has 0 radical (unpaired) electrons. The third-order valence-electron chi connectivity index (χ3n) is 5.87. The van der Waals surface area contributed by atoms with E-state index in [1.807, 2.05) is 24.3 Å². The quantitative estimate of drug-likeness (QED) is 0.797. The molecule has 25 heavy (non-hydrogen) atoms. The lowest BCUT2D eigenvalue weighted by molar-refractivity contribution is 0.181. The molecule has 0 saturated carbocycles.